The lowest BCUT2D eigenvalue weighted by molar-refractivity contribution is -0.118. The number of aliphatic hydroxyl groups is 1. The minimum Gasteiger partial charge on any atom is -0.484 e. The SMILES string of the molecule is CC[C@@H](O)c1ccc(OCC(=O)Nc2ccc(C(=O)OC)cc2)cc1. The fourth-order valence-corrected chi connectivity index (χ4v) is 2.18. The number of benzene rings is 2. The van der Waals surface area contributed by atoms with E-state index in [9.17, 15) is 14.7 Å². The maximum absolute atomic E-state index is 11.9. The van der Waals surface area contributed by atoms with Crippen molar-refractivity contribution < 1.29 is 24.2 Å². The third-order valence-corrected chi connectivity index (χ3v) is 3.61. The molecule has 1 amide bonds. The van der Waals surface area contributed by atoms with E-state index in [2.05, 4.69) is 10.1 Å². The summed E-state index contributed by atoms with van der Waals surface area (Å²) in [6.45, 7) is 1.76. The van der Waals surface area contributed by atoms with Crippen molar-refractivity contribution in [3.8, 4) is 5.75 Å². The van der Waals surface area contributed by atoms with E-state index in [4.69, 9.17) is 4.74 Å². The molecular formula is C19H21NO5. The van der Waals surface area contributed by atoms with Crippen LogP contribution in [0, 0.1) is 0 Å². The van der Waals surface area contributed by atoms with Crippen molar-refractivity contribution in [3.05, 3.63) is 59.7 Å². The van der Waals surface area contributed by atoms with Gasteiger partial charge in [-0.1, -0.05) is 19.1 Å². The predicted molar refractivity (Wildman–Crippen MR) is 93.6 cm³/mol. The minimum absolute atomic E-state index is 0.144. The number of hydrogen-bond acceptors (Lipinski definition) is 5. The molecular weight excluding hydrogens is 322 g/mol. The van der Waals surface area contributed by atoms with Gasteiger partial charge in [0.05, 0.1) is 18.8 Å². The van der Waals surface area contributed by atoms with Crippen molar-refractivity contribution in [1.82, 2.24) is 0 Å². The van der Waals surface area contributed by atoms with Gasteiger partial charge < -0.3 is 19.9 Å². The Morgan fingerprint density at radius 2 is 1.72 bits per heavy atom. The molecule has 2 aromatic rings. The Morgan fingerprint density at radius 1 is 1.08 bits per heavy atom. The van der Waals surface area contributed by atoms with E-state index in [0.717, 1.165) is 5.56 Å². The lowest BCUT2D eigenvalue weighted by Gasteiger charge is -2.10. The minimum atomic E-state index is -0.495. The first-order chi connectivity index (χ1) is 12.0. The molecule has 0 spiro atoms. The van der Waals surface area contributed by atoms with Crippen LogP contribution in [0.4, 0.5) is 5.69 Å². The third-order valence-electron chi connectivity index (χ3n) is 3.61. The van der Waals surface area contributed by atoms with Gasteiger partial charge in [-0.05, 0) is 48.4 Å². The number of esters is 1. The molecule has 132 valence electrons. The summed E-state index contributed by atoms with van der Waals surface area (Å²) in [7, 11) is 1.31. The van der Waals surface area contributed by atoms with Gasteiger partial charge in [0.15, 0.2) is 6.61 Å². The Morgan fingerprint density at radius 3 is 2.28 bits per heavy atom. The van der Waals surface area contributed by atoms with Crippen LogP contribution in [0.1, 0.15) is 35.4 Å². The number of ether oxygens (including phenoxy) is 2. The second-order valence-electron chi connectivity index (χ2n) is 5.40. The molecule has 2 rings (SSSR count). The van der Waals surface area contributed by atoms with Crippen LogP contribution in [0.3, 0.4) is 0 Å². The molecule has 0 unspecified atom stereocenters. The molecule has 0 heterocycles. The molecule has 0 aliphatic carbocycles. The van der Waals surface area contributed by atoms with Gasteiger partial charge in [0.2, 0.25) is 0 Å². The monoisotopic (exact) mass is 343 g/mol. The van der Waals surface area contributed by atoms with E-state index in [1.807, 2.05) is 6.92 Å². The number of carbonyl (C=O) groups is 2. The Bertz CT molecular complexity index is 710. The quantitative estimate of drug-likeness (QED) is 0.755. The summed E-state index contributed by atoms with van der Waals surface area (Å²) in [4.78, 5) is 23.3. The molecule has 0 fully saturated rings. The van der Waals surface area contributed by atoms with Crippen molar-refractivity contribution in [2.75, 3.05) is 19.0 Å². The fraction of sp³-hybridized carbons (Fsp3) is 0.263. The van der Waals surface area contributed by atoms with E-state index in [-0.39, 0.29) is 12.5 Å². The predicted octanol–water partition coefficient (Wildman–Crippen LogP) is 2.93. The first-order valence-corrected chi connectivity index (χ1v) is 7.92. The van der Waals surface area contributed by atoms with Crippen molar-refractivity contribution in [1.29, 1.82) is 0 Å². The maximum atomic E-state index is 11.9. The van der Waals surface area contributed by atoms with Crippen LogP contribution >= 0.6 is 0 Å². The summed E-state index contributed by atoms with van der Waals surface area (Å²) in [5.41, 5.74) is 1.78. The molecule has 2 aromatic carbocycles. The van der Waals surface area contributed by atoms with Gasteiger partial charge in [-0.3, -0.25) is 4.79 Å². The average molecular weight is 343 g/mol. The van der Waals surface area contributed by atoms with E-state index < -0.39 is 12.1 Å². The zero-order chi connectivity index (χ0) is 18.2. The molecule has 0 aliphatic heterocycles. The van der Waals surface area contributed by atoms with Crippen LogP contribution < -0.4 is 10.1 Å². The summed E-state index contributed by atoms with van der Waals surface area (Å²) >= 11 is 0. The Labute approximate surface area is 146 Å². The first-order valence-electron chi connectivity index (χ1n) is 7.92. The molecule has 1 atom stereocenters. The molecule has 0 bridgehead atoms. The number of rotatable bonds is 7. The number of carbonyl (C=O) groups excluding carboxylic acids is 2. The highest BCUT2D eigenvalue weighted by Gasteiger charge is 2.08. The molecule has 6 heteroatoms. The van der Waals surface area contributed by atoms with E-state index >= 15 is 0 Å². The smallest absolute Gasteiger partial charge is 0.337 e. The van der Waals surface area contributed by atoms with Crippen LogP contribution in [-0.4, -0.2) is 30.7 Å². The Balaban J connectivity index is 1.85. The summed E-state index contributed by atoms with van der Waals surface area (Å²) in [5.74, 6) is -0.204. The summed E-state index contributed by atoms with van der Waals surface area (Å²) in [6, 6.07) is 13.3. The lowest BCUT2D eigenvalue weighted by Crippen LogP contribution is -2.20. The molecule has 0 saturated heterocycles. The largest absolute Gasteiger partial charge is 0.484 e. The van der Waals surface area contributed by atoms with E-state index in [1.165, 1.54) is 7.11 Å². The van der Waals surface area contributed by atoms with E-state index in [0.29, 0.717) is 23.4 Å². The highest BCUT2D eigenvalue weighted by Crippen LogP contribution is 2.19. The standard InChI is InChI=1S/C19H21NO5/c1-3-17(21)13-6-10-16(11-7-13)25-12-18(22)20-15-8-4-14(5-9-15)19(23)24-2/h4-11,17,21H,3,12H2,1-2H3,(H,20,22)/t17-/m1/s1. The molecule has 0 aliphatic rings. The van der Waals surface area contributed by atoms with Crippen molar-refractivity contribution >= 4 is 17.6 Å². The number of nitrogens with one attached hydrogen (secondary N) is 1. The third kappa shape index (κ3) is 5.32. The van der Waals surface area contributed by atoms with Gasteiger partial charge in [-0.25, -0.2) is 4.79 Å². The van der Waals surface area contributed by atoms with Gasteiger partial charge in [-0.15, -0.1) is 0 Å². The lowest BCUT2D eigenvalue weighted by atomic mass is 10.1. The topological polar surface area (TPSA) is 84.9 Å². The number of amides is 1. The Kier molecular flexibility index (Phi) is 6.54. The van der Waals surface area contributed by atoms with Gasteiger partial charge >= 0.3 is 5.97 Å². The zero-order valence-electron chi connectivity index (χ0n) is 14.2. The van der Waals surface area contributed by atoms with Gasteiger partial charge in [0.25, 0.3) is 5.91 Å². The average Bonchev–Trinajstić information content (AvgIpc) is 2.66. The number of hydrogen-bond donors (Lipinski definition) is 2. The molecule has 2 N–H and O–H groups in total. The fourth-order valence-electron chi connectivity index (χ4n) is 2.18. The van der Waals surface area contributed by atoms with E-state index in [1.54, 1.807) is 48.5 Å². The molecule has 25 heavy (non-hydrogen) atoms. The summed E-state index contributed by atoms with van der Waals surface area (Å²) in [5, 5.41) is 12.4. The number of anilines is 1. The van der Waals surface area contributed by atoms with Gasteiger partial charge in [-0.2, -0.15) is 0 Å². The van der Waals surface area contributed by atoms with Crippen molar-refractivity contribution in [2.45, 2.75) is 19.4 Å². The molecule has 0 radical (unpaired) electrons. The van der Waals surface area contributed by atoms with Crippen LogP contribution in [0.25, 0.3) is 0 Å². The van der Waals surface area contributed by atoms with Crippen molar-refractivity contribution in [3.63, 3.8) is 0 Å². The second kappa shape index (κ2) is 8.84. The molecule has 0 saturated carbocycles. The zero-order valence-corrected chi connectivity index (χ0v) is 14.2. The molecule has 6 nitrogen and oxygen atoms in total. The summed E-state index contributed by atoms with van der Waals surface area (Å²) in [6.07, 6.45) is 0.141. The first kappa shape index (κ1) is 18.5. The van der Waals surface area contributed by atoms with Gasteiger partial charge in [0.1, 0.15) is 5.75 Å². The highest BCUT2D eigenvalue weighted by atomic mass is 16.5. The Hall–Kier alpha value is -2.86. The highest BCUT2D eigenvalue weighted by molar-refractivity contribution is 5.93. The van der Waals surface area contributed by atoms with Gasteiger partial charge in [0, 0.05) is 5.69 Å². The molecule has 0 aromatic heterocycles. The maximum Gasteiger partial charge on any atom is 0.337 e. The second-order valence-corrected chi connectivity index (χ2v) is 5.40. The number of methoxy groups -OCH3 is 1. The summed E-state index contributed by atoms with van der Waals surface area (Å²) < 4.78 is 10.0. The normalized spacial score (nSPS) is 11.5. The van der Waals surface area contributed by atoms with Crippen LogP contribution in [-0.2, 0) is 9.53 Å². The van der Waals surface area contributed by atoms with Crippen molar-refractivity contribution in [2.24, 2.45) is 0 Å². The number of aliphatic hydroxyl groups excluding tert-OH is 1. The van der Waals surface area contributed by atoms with Crippen LogP contribution in [0.15, 0.2) is 48.5 Å². The van der Waals surface area contributed by atoms with Crippen LogP contribution in [0.5, 0.6) is 5.75 Å². The van der Waals surface area contributed by atoms with Crippen LogP contribution in [0.2, 0.25) is 0 Å².